The van der Waals surface area contributed by atoms with Gasteiger partial charge in [-0.2, -0.15) is 0 Å². The van der Waals surface area contributed by atoms with E-state index in [-0.39, 0.29) is 44.6 Å². The maximum absolute atomic E-state index is 14.2. The molecule has 2 aliphatic rings. The molecule has 0 saturated carbocycles. The second-order valence-electron chi connectivity index (χ2n) is 13.1. The standard InChI is InChI=1S/C37H40Br3N6O8P/c1-49-28-15-9-14-27(33(28)50-2)37(24-10-5-3-6-11-24,25-12-7-4-8-13-25)52-21-30-29(18-31(53-30)46-23-44-32-34(41)42-22-43-35(32)46)54-55(47,48)45-16-17-51-26(20-45)19-36(38,39)40/h3-15,22-23,26,29-31H,16-21H2,1-2H3,(H,47,48)(H2,41,42,43)/t26?,29-,30+,31+/m0/s1. The highest BCUT2D eigenvalue weighted by Crippen LogP contribution is 2.53. The fourth-order valence-electron chi connectivity index (χ4n) is 7.21. The largest absolute Gasteiger partial charge is 0.493 e. The van der Waals surface area contributed by atoms with Crippen LogP contribution in [-0.2, 0) is 28.9 Å². The number of para-hydroxylation sites is 1. The van der Waals surface area contributed by atoms with Gasteiger partial charge in [0.05, 0.1) is 39.9 Å². The van der Waals surface area contributed by atoms with Gasteiger partial charge in [-0.1, -0.05) is 121 Å². The zero-order chi connectivity index (χ0) is 38.8. The first kappa shape index (κ1) is 40.2. The first-order chi connectivity index (χ1) is 26.4. The quantitative estimate of drug-likeness (QED) is 0.0696. The summed E-state index contributed by atoms with van der Waals surface area (Å²) in [4.78, 5) is 24.5. The van der Waals surface area contributed by atoms with Crippen molar-refractivity contribution in [3.8, 4) is 11.5 Å². The van der Waals surface area contributed by atoms with Gasteiger partial charge in [-0.05, 0) is 17.2 Å². The molecule has 2 unspecified atom stereocenters. The Morgan fingerprint density at radius 1 is 0.964 bits per heavy atom. The van der Waals surface area contributed by atoms with Gasteiger partial charge >= 0.3 is 7.75 Å². The molecule has 4 heterocycles. The van der Waals surface area contributed by atoms with Crippen LogP contribution in [0.2, 0.25) is 0 Å². The molecule has 2 aliphatic heterocycles. The fourth-order valence-corrected chi connectivity index (χ4v) is 9.72. The predicted octanol–water partition coefficient (Wildman–Crippen LogP) is 7.14. The van der Waals surface area contributed by atoms with Crippen molar-refractivity contribution in [2.45, 2.75) is 45.1 Å². The third-order valence-corrected chi connectivity index (χ3v) is 12.3. The summed E-state index contributed by atoms with van der Waals surface area (Å²) in [6.45, 7) is 0.532. The molecular weight excluding hydrogens is 927 g/mol. The lowest BCUT2D eigenvalue weighted by Gasteiger charge is -2.39. The molecule has 55 heavy (non-hydrogen) atoms. The number of halogens is 3. The summed E-state index contributed by atoms with van der Waals surface area (Å²) in [5, 5.41) is 0. The monoisotopic (exact) mass is 964 g/mol. The van der Waals surface area contributed by atoms with E-state index in [1.54, 1.807) is 25.1 Å². The lowest BCUT2D eigenvalue weighted by atomic mass is 9.79. The topological polar surface area (TPSA) is 166 Å². The SMILES string of the molecule is COc1cccc(C(OC[C@H]2O[C@@H](n3cnc4c(N)ncnc43)C[C@@H]2OP(=O)(O)N2CCOC(CC(Br)(Br)Br)C2)(c2ccccc2)c2ccccc2)c1OC. The Kier molecular flexibility index (Phi) is 12.3. The summed E-state index contributed by atoms with van der Waals surface area (Å²) in [7, 11) is -1.24. The van der Waals surface area contributed by atoms with E-state index >= 15 is 0 Å². The number of nitrogens with two attached hydrogens (primary N) is 1. The van der Waals surface area contributed by atoms with Gasteiger partial charge in [0.1, 0.15) is 38.0 Å². The lowest BCUT2D eigenvalue weighted by molar-refractivity contribution is -0.0930. The summed E-state index contributed by atoms with van der Waals surface area (Å²) in [5.74, 6) is 1.23. The van der Waals surface area contributed by atoms with E-state index in [1.807, 2.05) is 78.9 Å². The summed E-state index contributed by atoms with van der Waals surface area (Å²) in [6, 6.07) is 25.2. The number of nitrogen functional groups attached to an aromatic ring is 1. The third kappa shape index (κ3) is 8.52. The minimum atomic E-state index is -4.41. The van der Waals surface area contributed by atoms with Crippen molar-refractivity contribution in [3.05, 3.63) is 108 Å². The molecule has 0 spiro atoms. The van der Waals surface area contributed by atoms with Crippen molar-refractivity contribution in [2.75, 3.05) is 46.3 Å². The Bertz CT molecular complexity index is 2090. The van der Waals surface area contributed by atoms with Crippen LogP contribution in [0.5, 0.6) is 11.5 Å². The number of anilines is 1. The molecule has 0 radical (unpaired) electrons. The Balaban J connectivity index is 1.28. The minimum Gasteiger partial charge on any atom is -0.493 e. The van der Waals surface area contributed by atoms with Crippen molar-refractivity contribution in [1.82, 2.24) is 24.2 Å². The molecule has 292 valence electrons. The summed E-state index contributed by atoms with van der Waals surface area (Å²) < 4.78 is 54.7. The first-order valence-electron chi connectivity index (χ1n) is 17.4. The molecule has 3 N–H and O–H groups in total. The summed E-state index contributed by atoms with van der Waals surface area (Å²) >= 11 is 10.5. The van der Waals surface area contributed by atoms with E-state index in [9.17, 15) is 9.46 Å². The van der Waals surface area contributed by atoms with Crippen LogP contribution in [-0.4, -0.2) is 90.1 Å². The van der Waals surface area contributed by atoms with Crippen molar-refractivity contribution in [3.63, 3.8) is 0 Å². The Labute approximate surface area is 343 Å². The zero-order valence-corrected chi connectivity index (χ0v) is 35.6. The van der Waals surface area contributed by atoms with Gasteiger partial charge in [0.15, 0.2) is 23.0 Å². The number of methoxy groups -OCH3 is 2. The van der Waals surface area contributed by atoms with Crippen LogP contribution in [0, 0.1) is 0 Å². The molecule has 14 nitrogen and oxygen atoms in total. The number of benzene rings is 3. The highest BCUT2D eigenvalue weighted by Gasteiger charge is 2.48. The number of imidazole rings is 1. The van der Waals surface area contributed by atoms with E-state index in [0.717, 1.165) is 11.1 Å². The molecule has 18 heteroatoms. The van der Waals surface area contributed by atoms with Crippen molar-refractivity contribution >= 4 is 72.5 Å². The molecule has 2 aromatic heterocycles. The number of morpholine rings is 1. The molecule has 3 aromatic carbocycles. The molecule has 0 aliphatic carbocycles. The van der Waals surface area contributed by atoms with Crippen molar-refractivity contribution in [2.24, 2.45) is 0 Å². The highest BCUT2D eigenvalue weighted by atomic mass is 80.0. The van der Waals surface area contributed by atoms with Crippen LogP contribution in [0.3, 0.4) is 0 Å². The van der Waals surface area contributed by atoms with Gasteiger partial charge in [0.25, 0.3) is 0 Å². The van der Waals surface area contributed by atoms with Gasteiger partial charge in [-0.25, -0.2) is 24.2 Å². The zero-order valence-electron chi connectivity index (χ0n) is 29.9. The number of aromatic nitrogens is 4. The maximum Gasteiger partial charge on any atom is 0.406 e. The Hall–Kier alpha value is -2.96. The average molecular weight is 967 g/mol. The number of alkyl halides is 3. The fraction of sp³-hybridized carbons (Fsp3) is 0.378. The predicted molar refractivity (Wildman–Crippen MR) is 217 cm³/mol. The van der Waals surface area contributed by atoms with Crippen molar-refractivity contribution < 1.29 is 37.7 Å². The third-order valence-electron chi connectivity index (χ3n) is 9.69. The number of hydrogen-bond acceptors (Lipinski definition) is 11. The normalized spacial score (nSPS) is 22.1. The van der Waals surface area contributed by atoms with Crippen LogP contribution in [0.15, 0.2) is 91.5 Å². The molecule has 5 aromatic rings. The Morgan fingerprint density at radius 3 is 2.33 bits per heavy atom. The van der Waals surface area contributed by atoms with Gasteiger partial charge < -0.3 is 34.3 Å². The smallest absolute Gasteiger partial charge is 0.406 e. The molecule has 5 atom stereocenters. The van der Waals surface area contributed by atoms with Crippen LogP contribution in [0.25, 0.3) is 11.2 Å². The number of nitrogens with zero attached hydrogens (tertiary/aromatic N) is 5. The number of hydrogen-bond donors (Lipinski definition) is 2. The minimum absolute atomic E-state index is 0.0832. The van der Waals surface area contributed by atoms with E-state index in [2.05, 4.69) is 62.7 Å². The van der Waals surface area contributed by atoms with Crippen LogP contribution in [0.4, 0.5) is 5.82 Å². The number of ether oxygens (including phenoxy) is 5. The van der Waals surface area contributed by atoms with E-state index in [1.165, 1.54) is 11.0 Å². The van der Waals surface area contributed by atoms with Crippen LogP contribution < -0.4 is 15.2 Å². The molecular formula is C37H40Br3N6O8P. The number of fused-ring (bicyclic) bond motifs is 1. The summed E-state index contributed by atoms with van der Waals surface area (Å²) in [6.07, 6.45) is 0.718. The van der Waals surface area contributed by atoms with E-state index < -0.39 is 33.9 Å². The van der Waals surface area contributed by atoms with Crippen LogP contribution >= 0.6 is 55.5 Å². The highest BCUT2D eigenvalue weighted by molar-refractivity contribution is 9.39. The first-order valence-corrected chi connectivity index (χ1v) is 21.3. The lowest BCUT2D eigenvalue weighted by Crippen LogP contribution is -2.43. The Morgan fingerprint density at radius 2 is 1.67 bits per heavy atom. The van der Waals surface area contributed by atoms with Gasteiger partial charge in [0, 0.05) is 31.5 Å². The summed E-state index contributed by atoms with van der Waals surface area (Å²) in [5.41, 5.74) is 8.00. The number of rotatable bonds is 13. The van der Waals surface area contributed by atoms with Crippen LogP contribution in [0.1, 0.15) is 35.8 Å². The van der Waals surface area contributed by atoms with E-state index in [0.29, 0.717) is 34.6 Å². The van der Waals surface area contributed by atoms with Crippen molar-refractivity contribution in [1.29, 1.82) is 0 Å². The molecule has 7 rings (SSSR count). The molecule has 2 fully saturated rings. The molecule has 2 saturated heterocycles. The average Bonchev–Trinajstić information content (AvgIpc) is 3.79. The van der Waals surface area contributed by atoms with Gasteiger partial charge in [-0.15, -0.1) is 0 Å². The molecule has 0 amide bonds. The van der Waals surface area contributed by atoms with Gasteiger partial charge in [-0.3, -0.25) is 9.09 Å². The second kappa shape index (κ2) is 16.9. The second-order valence-corrected chi connectivity index (χ2v) is 22.1. The van der Waals surface area contributed by atoms with E-state index in [4.69, 9.17) is 33.9 Å². The molecule has 0 bridgehead atoms. The maximum atomic E-state index is 14.2. The van der Waals surface area contributed by atoms with Gasteiger partial charge in [0.2, 0.25) is 0 Å².